The summed E-state index contributed by atoms with van der Waals surface area (Å²) in [4.78, 5) is 0. The van der Waals surface area contributed by atoms with E-state index >= 15 is 0 Å². The van der Waals surface area contributed by atoms with Crippen molar-refractivity contribution in [3.63, 3.8) is 0 Å². The fraction of sp³-hybridized carbons (Fsp3) is 0. The summed E-state index contributed by atoms with van der Waals surface area (Å²) in [5.74, 6) is 0. The van der Waals surface area contributed by atoms with Crippen molar-refractivity contribution in [2.45, 2.75) is 0 Å². The van der Waals surface area contributed by atoms with Crippen LogP contribution in [-0.4, -0.2) is 37.7 Å². The molecule has 0 aromatic heterocycles. The van der Waals surface area contributed by atoms with Crippen molar-refractivity contribution in [2.75, 3.05) is 0 Å². The first-order valence-electron chi connectivity index (χ1n) is 0. The van der Waals surface area contributed by atoms with Gasteiger partial charge in [-0.15, -0.1) is 0 Å². The van der Waals surface area contributed by atoms with E-state index in [2.05, 4.69) is 0 Å². The smallest absolute Gasteiger partial charge is 1.00 e. The van der Waals surface area contributed by atoms with E-state index in [1.807, 2.05) is 0 Å². The summed E-state index contributed by atoms with van der Waals surface area (Å²) in [6.45, 7) is 0. The molecule has 0 heterocycles. The molecule has 0 N–H and O–H groups in total. The molecule has 0 nitrogen and oxygen atoms in total. The van der Waals surface area contributed by atoms with Crippen LogP contribution in [-0.2, 0) is 0 Å². The Morgan fingerprint density at radius 3 is 0.750 bits per heavy atom. The van der Waals surface area contributed by atoms with Crippen LogP contribution in [0.5, 0.6) is 0 Å². The molecule has 4 heavy (non-hydrogen) atoms. The molecule has 0 saturated carbocycles. The second-order valence-corrected chi connectivity index (χ2v) is 0. The van der Waals surface area contributed by atoms with Gasteiger partial charge < -0.3 is 24.8 Å². The summed E-state index contributed by atoms with van der Waals surface area (Å²) in [5, 5.41) is 0. The first-order valence-corrected chi connectivity index (χ1v) is 0. The number of rotatable bonds is 0. The molecule has 0 aromatic rings. The van der Waals surface area contributed by atoms with Crippen molar-refractivity contribution in [2.24, 2.45) is 0 Å². The summed E-state index contributed by atoms with van der Waals surface area (Å²) in [5.41, 5.74) is 0. The first kappa shape index (κ1) is 41.9. The van der Waals surface area contributed by atoms with Crippen LogP contribution >= 0.6 is 0 Å². The molecule has 0 saturated heterocycles. The van der Waals surface area contributed by atoms with Crippen molar-refractivity contribution in [1.82, 2.24) is 0 Å². The van der Waals surface area contributed by atoms with E-state index in [1.54, 1.807) is 0 Å². The molecule has 0 aromatic carbocycles. The van der Waals surface area contributed by atoms with Gasteiger partial charge in [0.05, 0.1) is 0 Å². The Hall–Kier alpha value is 1.77. The summed E-state index contributed by atoms with van der Waals surface area (Å²) in [7, 11) is 0. The summed E-state index contributed by atoms with van der Waals surface area (Å²) >= 11 is 0. The van der Waals surface area contributed by atoms with Gasteiger partial charge in [0.25, 0.3) is 0 Å². The fourth-order valence-electron chi connectivity index (χ4n) is 0. The monoisotopic (exact) mass is 130 g/mol. The molecule has 4 heteroatoms. The van der Waals surface area contributed by atoms with Crippen molar-refractivity contribution in [3.8, 4) is 0 Å². The minimum Gasteiger partial charge on any atom is -1.00 e. The minimum atomic E-state index is 0. The van der Waals surface area contributed by atoms with Crippen molar-refractivity contribution in [3.05, 3.63) is 0 Å². The molecule has 0 aliphatic carbocycles. The van der Waals surface area contributed by atoms with Crippen LogP contribution in [0.25, 0.3) is 0 Å². The molecule has 0 spiro atoms. The van der Waals surface area contributed by atoms with Crippen LogP contribution in [0.2, 0.25) is 0 Å². The van der Waals surface area contributed by atoms with Crippen LogP contribution in [0.15, 0.2) is 0 Å². The van der Waals surface area contributed by atoms with E-state index < -0.39 is 0 Å². The molecule has 0 amide bonds. The number of halogens is 3. The number of hydrogen-bond donors (Lipinski definition) is 0. The maximum atomic E-state index is 0. The van der Waals surface area contributed by atoms with Gasteiger partial charge in [-0.1, -0.05) is 0 Å². The summed E-state index contributed by atoms with van der Waals surface area (Å²) in [6, 6.07) is 0. The van der Waals surface area contributed by atoms with E-state index in [0.29, 0.717) is 0 Å². The zero-order chi connectivity index (χ0) is 0. The van der Waals surface area contributed by atoms with Crippen molar-refractivity contribution in [1.29, 1.82) is 0 Å². The second-order valence-electron chi connectivity index (χ2n) is 0. The van der Waals surface area contributed by atoms with E-state index in [9.17, 15) is 0 Å². The molecule has 0 rings (SSSR count). The van der Waals surface area contributed by atoms with Gasteiger partial charge in [-0.2, -0.15) is 0 Å². The average Bonchev–Trinajstić information content (AvgIpc) is 0. The Morgan fingerprint density at radius 1 is 0.750 bits per heavy atom. The van der Waals surface area contributed by atoms with E-state index in [-0.39, 0.29) is 67.3 Å². The van der Waals surface area contributed by atoms with Crippen LogP contribution in [0, 0.1) is 0 Å². The summed E-state index contributed by atoms with van der Waals surface area (Å²) in [6.07, 6.45) is 0. The van der Waals surface area contributed by atoms with Gasteiger partial charge in [-0.25, -0.2) is 0 Å². The van der Waals surface area contributed by atoms with Crippen molar-refractivity contribution >= 4 is 37.7 Å². The van der Waals surface area contributed by atoms with E-state index in [1.165, 1.54) is 0 Å². The predicted molar refractivity (Wildman–Crippen MR) is 8.26 cm³/mol. The third kappa shape index (κ3) is 9.23. The first-order chi connectivity index (χ1) is 0. The minimum absolute atomic E-state index is 0. The Balaban J connectivity index is 0. The normalized spacial score (nSPS) is 0. The molecule has 0 aliphatic rings. The van der Waals surface area contributed by atoms with Gasteiger partial charge in [0.1, 0.15) is 0 Å². The molecular formula is HCaCl2F. The molecule has 24 valence electrons. The maximum absolute atomic E-state index is 0. The number of hydrogen-bond acceptors (Lipinski definition) is 0. The van der Waals surface area contributed by atoms with Gasteiger partial charge in [0, 0.05) is 0 Å². The average molecular weight is 131 g/mol. The SMILES string of the molecule is F.[Ca+2].[Cl-].[Cl-]. The van der Waals surface area contributed by atoms with Crippen LogP contribution in [0.1, 0.15) is 0 Å². The largest absolute Gasteiger partial charge is 2.00 e. The Kier molecular flexibility index (Phi) is 227. The fourth-order valence-corrected chi connectivity index (χ4v) is 0. The molecule has 0 fully saturated rings. The predicted octanol–water partition coefficient (Wildman–Crippen LogP) is -6.22. The van der Waals surface area contributed by atoms with Crippen LogP contribution in [0.3, 0.4) is 0 Å². The zero-order valence-electron chi connectivity index (χ0n) is 1.87. The second kappa shape index (κ2) is 21.6. The molecule has 0 aliphatic heterocycles. The van der Waals surface area contributed by atoms with Crippen LogP contribution < -0.4 is 24.8 Å². The molecule has 0 unspecified atom stereocenters. The molecule has 0 radical (unpaired) electrons. The van der Waals surface area contributed by atoms with E-state index in [0.717, 1.165) is 0 Å². The van der Waals surface area contributed by atoms with Crippen LogP contribution in [0.4, 0.5) is 4.70 Å². The Labute approximate surface area is 66.5 Å². The maximum Gasteiger partial charge on any atom is 2.00 e. The summed E-state index contributed by atoms with van der Waals surface area (Å²) < 4.78 is 0. The zero-order valence-corrected chi connectivity index (χ0v) is 5.59. The standard InChI is InChI=1S/Ca.2ClH.FH/h;3*1H/q+2;;;/p-2. The quantitative estimate of drug-likeness (QED) is 0.287. The molecular weight excluding hydrogens is 130 g/mol. The van der Waals surface area contributed by atoms with Gasteiger partial charge >= 0.3 is 37.7 Å². The third-order valence-corrected chi connectivity index (χ3v) is 0. The van der Waals surface area contributed by atoms with Crippen molar-refractivity contribution < 1.29 is 29.5 Å². The van der Waals surface area contributed by atoms with Gasteiger partial charge in [-0.3, -0.25) is 4.70 Å². The third-order valence-electron chi connectivity index (χ3n) is 0. The molecule has 0 bridgehead atoms. The van der Waals surface area contributed by atoms with Gasteiger partial charge in [-0.05, 0) is 0 Å². The Bertz CT molecular complexity index is 6.00. The molecule has 0 atom stereocenters. The van der Waals surface area contributed by atoms with Gasteiger partial charge in [0.15, 0.2) is 0 Å². The van der Waals surface area contributed by atoms with E-state index in [4.69, 9.17) is 0 Å². The topological polar surface area (TPSA) is 0 Å². The Morgan fingerprint density at radius 2 is 0.750 bits per heavy atom. The van der Waals surface area contributed by atoms with Gasteiger partial charge in [0.2, 0.25) is 0 Å².